The molecular weight excluding hydrogens is 404 g/mol. The number of nitrogens with zero attached hydrogens (tertiary/aromatic N) is 2. The average Bonchev–Trinajstić information content (AvgIpc) is 3.18. The van der Waals surface area contributed by atoms with E-state index in [1.54, 1.807) is 0 Å². The molecule has 3 heteroatoms. The Morgan fingerprint density at radius 1 is 0.879 bits per heavy atom. The third kappa shape index (κ3) is 3.22. The van der Waals surface area contributed by atoms with E-state index in [0.717, 1.165) is 61.1 Å². The van der Waals surface area contributed by atoms with Crippen LogP contribution in [0.3, 0.4) is 0 Å². The number of hydrogen-bond donors (Lipinski definition) is 0. The first-order valence-electron chi connectivity index (χ1n) is 11.6. The molecule has 0 bridgehead atoms. The van der Waals surface area contributed by atoms with Gasteiger partial charge in [0.05, 0.1) is 12.1 Å². The summed E-state index contributed by atoms with van der Waals surface area (Å²) in [5, 5.41) is 2.04. The van der Waals surface area contributed by atoms with E-state index in [4.69, 9.17) is 12.4 Å². The van der Waals surface area contributed by atoms with Gasteiger partial charge in [-0.25, -0.2) is 4.85 Å². The monoisotopic (exact) mass is 432 g/mol. The van der Waals surface area contributed by atoms with Crippen molar-refractivity contribution in [3.05, 3.63) is 95.0 Å². The number of benzene rings is 3. The van der Waals surface area contributed by atoms with Gasteiger partial charge in [-0.15, -0.1) is 0 Å². The van der Waals surface area contributed by atoms with Crippen LogP contribution in [0.4, 0.5) is 5.69 Å². The topological polar surface area (TPSA) is 21.4 Å². The molecule has 3 nitrogen and oxygen atoms in total. The molecule has 0 spiro atoms. The smallest absolute Gasteiger partial charge is 0.216 e. The fourth-order valence-corrected chi connectivity index (χ4v) is 4.82. The maximum absolute atomic E-state index is 8.52. The summed E-state index contributed by atoms with van der Waals surface area (Å²) in [4.78, 5) is 3.79. The molecule has 162 valence electrons. The lowest BCUT2D eigenvalue weighted by Crippen LogP contribution is -2.36. The second kappa shape index (κ2) is 7.90. The Hall–Kier alpha value is -3.90. The van der Waals surface area contributed by atoms with E-state index in [2.05, 4.69) is 47.5 Å². The van der Waals surface area contributed by atoms with Gasteiger partial charge in [0, 0.05) is 36.3 Å². The second-order valence-electron chi connectivity index (χ2n) is 8.83. The predicted molar refractivity (Wildman–Crippen MR) is 136 cm³/mol. The lowest BCUT2D eigenvalue weighted by Gasteiger charge is -2.11. The third-order valence-corrected chi connectivity index (χ3v) is 6.64. The van der Waals surface area contributed by atoms with Gasteiger partial charge in [0.15, 0.2) is 11.4 Å². The molecule has 33 heavy (non-hydrogen) atoms. The molecule has 0 radical (unpaired) electrons. The predicted octanol–water partition coefficient (Wildman–Crippen LogP) is 8.04. The Balaban J connectivity index is 1.87. The molecule has 3 aromatic carbocycles. The summed E-state index contributed by atoms with van der Waals surface area (Å²) in [6, 6.07) is 22.3. The number of furan rings is 1. The number of fused-ring (bicyclic) bond motifs is 3. The zero-order valence-electron chi connectivity index (χ0n) is 20.7. The average molecular weight is 433 g/mol. The van der Waals surface area contributed by atoms with Crippen molar-refractivity contribution in [3.63, 3.8) is 0 Å². The van der Waals surface area contributed by atoms with E-state index in [1.165, 1.54) is 0 Å². The number of aryl methyl sites for hydroxylation is 1. The number of pyridine rings is 1. The van der Waals surface area contributed by atoms with Crippen LogP contribution in [-0.4, -0.2) is 0 Å². The van der Waals surface area contributed by atoms with Gasteiger partial charge < -0.3 is 4.42 Å². The van der Waals surface area contributed by atoms with Gasteiger partial charge in [-0.2, -0.15) is 4.57 Å². The summed E-state index contributed by atoms with van der Waals surface area (Å²) in [5.41, 5.74) is 9.21. The van der Waals surface area contributed by atoms with Crippen molar-refractivity contribution < 1.29 is 10.4 Å². The van der Waals surface area contributed by atoms with Crippen LogP contribution in [0.15, 0.2) is 71.1 Å². The molecule has 0 fully saturated rings. The highest BCUT2D eigenvalue weighted by Crippen LogP contribution is 2.44. The molecule has 0 aliphatic rings. The number of rotatable bonds is 3. The lowest BCUT2D eigenvalue weighted by molar-refractivity contribution is -0.667. The van der Waals surface area contributed by atoms with Crippen LogP contribution < -0.4 is 4.57 Å². The van der Waals surface area contributed by atoms with E-state index in [0.29, 0.717) is 5.69 Å². The van der Waals surface area contributed by atoms with Crippen LogP contribution in [0.5, 0.6) is 0 Å². The minimum Gasteiger partial charge on any atom is -0.456 e. The van der Waals surface area contributed by atoms with Gasteiger partial charge in [0.25, 0.3) is 0 Å². The molecular formula is C30H27N2O+. The standard InChI is InChI=1S/C30H27N2O/c1-18(2)22-15-17-26(32(6)20(22)4)27-19(3)12-13-23-24-14-16-25(31-5)28(30(24)33-29(23)27)21-10-8-7-9-11-21/h7-18H,1-4,6H3/q+1/i18D. The van der Waals surface area contributed by atoms with Crippen molar-refractivity contribution in [1.82, 2.24) is 0 Å². The van der Waals surface area contributed by atoms with Crippen molar-refractivity contribution in [2.75, 3.05) is 0 Å². The van der Waals surface area contributed by atoms with Gasteiger partial charge in [0.1, 0.15) is 18.2 Å². The van der Waals surface area contributed by atoms with Gasteiger partial charge in [-0.1, -0.05) is 68.4 Å². The van der Waals surface area contributed by atoms with Gasteiger partial charge in [-0.3, -0.25) is 0 Å². The fraction of sp³-hybridized carbons (Fsp3) is 0.200. The summed E-state index contributed by atoms with van der Waals surface area (Å²) < 4.78 is 17.3. The quantitative estimate of drug-likeness (QED) is 0.209. The van der Waals surface area contributed by atoms with Crippen LogP contribution in [0.25, 0.3) is 49.2 Å². The maximum Gasteiger partial charge on any atom is 0.216 e. The number of hydrogen-bond acceptors (Lipinski definition) is 1. The molecule has 0 aliphatic carbocycles. The Morgan fingerprint density at radius 2 is 1.55 bits per heavy atom. The lowest BCUT2D eigenvalue weighted by atomic mass is 9.96. The van der Waals surface area contributed by atoms with Crippen LogP contribution in [0.1, 0.15) is 37.9 Å². The van der Waals surface area contributed by atoms with Gasteiger partial charge >= 0.3 is 0 Å². The molecule has 2 heterocycles. The Morgan fingerprint density at radius 3 is 2.21 bits per heavy atom. The molecule has 2 aromatic heterocycles. The summed E-state index contributed by atoms with van der Waals surface area (Å²) in [6.07, 6.45) is 0. The van der Waals surface area contributed by atoms with Crippen molar-refractivity contribution in [3.8, 4) is 22.4 Å². The first-order valence-corrected chi connectivity index (χ1v) is 11.1. The molecule has 0 saturated heterocycles. The molecule has 0 atom stereocenters. The van der Waals surface area contributed by atoms with Crippen molar-refractivity contribution in [1.29, 1.82) is 0 Å². The molecule has 5 rings (SSSR count). The third-order valence-electron chi connectivity index (χ3n) is 6.64. The molecule has 0 amide bonds. The van der Waals surface area contributed by atoms with E-state index in [9.17, 15) is 0 Å². The number of aromatic nitrogens is 1. The van der Waals surface area contributed by atoms with Crippen LogP contribution >= 0.6 is 0 Å². The normalized spacial score (nSPS) is 12.2. The highest BCUT2D eigenvalue weighted by Gasteiger charge is 2.25. The van der Waals surface area contributed by atoms with E-state index < -0.39 is 5.89 Å². The summed E-state index contributed by atoms with van der Waals surface area (Å²) >= 11 is 0. The van der Waals surface area contributed by atoms with E-state index in [-0.39, 0.29) is 0 Å². The summed E-state index contributed by atoms with van der Waals surface area (Å²) in [5.74, 6) is -0.679. The largest absolute Gasteiger partial charge is 0.456 e. The van der Waals surface area contributed by atoms with Crippen LogP contribution in [0, 0.1) is 20.4 Å². The fourth-order valence-electron chi connectivity index (χ4n) is 4.82. The van der Waals surface area contributed by atoms with Crippen molar-refractivity contribution >= 4 is 27.6 Å². The second-order valence-corrected chi connectivity index (χ2v) is 8.83. The zero-order valence-corrected chi connectivity index (χ0v) is 19.7. The summed E-state index contributed by atoms with van der Waals surface area (Å²) in [7, 11) is 2.05. The Kier molecular flexibility index (Phi) is 4.73. The molecule has 0 aliphatic heterocycles. The van der Waals surface area contributed by atoms with Crippen molar-refractivity contribution in [2.45, 2.75) is 33.6 Å². The van der Waals surface area contributed by atoms with Crippen LogP contribution in [-0.2, 0) is 7.05 Å². The molecule has 0 unspecified atom stereocenters. The molecule has 0 N–H and O–H groups in total. The Labute approximate surface area is 196 Å². The first kappa shape index (κ1) is 19.8. The SMILES string of the molecule is [2H]C(C)(C)c1ccc(-c2c(C)ccc3c2oc2c(-c4ccccc4)c([N+]#[C-])ccc23)[n+](C)c1C. The Bertz CT molecular complexity index is 1620. The zero-order chi connectivity index (χ0) is 24.2. The van der Waals surface area contributed by atoms with Crippen molar-refractivity contribution in [2.24, 2.45) is 7.05 Å². The van der Waals surface area contributed by atoms with Gasteiger partial charge in [-0.05, 0) is 30.0 Å². The van der Waals surface area contributed by atoms with Crippen LogP contribution in [0.2, 0.25) is 0 Å². The first-order chi connectivity index (χ1) is 16.2. The minimum atomic E-state index is -0.679. The minimum absolute atomic E-state index is 0.583. The highest BCUT2D eigenvalue weighted by atomic mass is 16.3. The van der Waals surface area contributed by atoms with E-state index in [1.807, 2.05) is 63.4 Å². The maximum atomic E-state index is 8.52. The van der Waals surface area contributed by atoms with E-state index >= 15 is 0 Å². The highest BCUT2D eigenvalue weighted by molar-refractivity contribution is 6.15. The van der Waals surface area contributed by atoms with Gasteiger partial charge in [0.2, 0.25) is 5.69 Å². The molecule has 5 aromatic rings. The molecule has 0 saturated carbocycles. The summed E-state index contributed by atoms with van der Waals surface area (Å²) in [6.45, 7) is 15.7.